The Kier molecular flexibility index (Phi) is 4.26. The molecule has 2 aromatic rings. The zero-order chi connectivity index (χ0) is 14.5. The second-order valence-electron chi connectivity index (χ2n) is 3.73. The quantitative estimate of drug-likeness (QED) is 0.510. The maximum absolute atomic E-state index is 11.7. The first-order valence-electron chi connectivity index (χ1n) is 5.49. The van der Waals surface area contributed by atoms with E-state index in [4.69, 9.17) is 0 Å². The largest absolute Gasteiger partial charge is 0.324 e. The number of urea groups is 1. The minimum Gasteiger partial charge on any atom is -0.307 e. The van der Waals surface area contributed by atoms with E-state index in [1.54, 1.807) is 24.3 Å². The van der Waals surface area contributed by atoms with Gasteiger partial charge in [0.05, 0.1) is 4.92 Å². The van der Waals surface area contributed by atoms with Gasteiger partial charge in [0, 0.05) is 17.8 Å². The van der Waals surface area contributed by atoms with Crippen LogP contribution in [-0.2, 0) is 0 Å². The third-order valence-electron chi connectivity index (χ3n) is 2.27. The van der Waals surface area contributed by atoms with Crippen LogP contribution in [0.15, 0.2) is 47.1 Å². The maximum Gasteiger partial charge on any atom is 0.324 e. The normalized spacial score (nSPS) is 9.85. The Balaban J connectivity index is 2.04. The number of non-ortho nitro benzene ring substituents is 1. The summed E-state index contributed by atoms with van der Waals surface area (Å²) in [6, 6.07) is 10.2. The lowest BCUT2D eigenvalue weighted by Crippen LogP contribution is -2.20. The summed E-state index contributed by atoms with van der Waals surface area (Å²) in [6.07, 6.45) is 0. The summed E-state index contributed by atoms with van der Waals surface area (Å²) in [4.78, 5) is 25.9. The van der Waals surface area contributed by atoms with Gasteiger partial charge in [-0.05, 0) is 34.1 Å². The molecule has 0 unspecified atom stereocenters. The van der Waals surface area contributed by atoms with Gasteiger partial charge in [0.2, 0.25) is 0 Å². The summed E-state index contributed by atoms with van der Waals surface area (Å²) in [5, 5.41) is 15.6. The van der Waals surface area contributed by atoms with Gasteiger partial charge >= 0.3 is 6.03 Å². The van der Waals surface area contributed by atoms with Gasteiger partial charge in [-0.2, -0.15) is 0 Å². The number of halogens is 1. The summed E-state index contributed by atoms with van der Waals surface area (Å²) in [5.74, 6) is 0.363. The minimum absolute atomic E-state index is 0.0941. The summed E-state index contributed by atoms with van der Waals surface area (Å²) in [6.45, 7) is 0. The van der Waals surface area contributed by atoms with Crippen molar-refractivity contribution in [2.45, 2.75) is 0 Å². The van der Waals surface area contributed by atoms with E-state index in [1.165, 1.54) is 18.2 Å². The van der Waals surface area contributed by atoms with Crippen molar-refractivity contribution in [2.75, 3.05) is 10.6 Å². The van der Waals surface area contributed by atoms with E-state index in [0.29, 0.717) is 16.1 Å². The number of benzene rings is 1. The summed E-state index contributed by atoms with van der Waals surface area (Å²) in [5.41, 5.74) is 0.232. The molecule has 0 fully saturated rings. The van der Waals surface area contributed by atoms with Gasteiger partial charge in [0.15, 0.2) is 0 Å². The van der Waals surface area contributed by atoms with Crippen LogP contribution in [0.2, 0.25) is 0 Å². The number of nitro benzene ring substituents is 1. The van der Waals surface area contributed by atoms with Crippen molar-refractivity contribution in [1.82, 2.24) is 4.98 Å². The number of amides is 2. The average Bonchev–Trinajstić information content (AvgIpc) is 2.38. The fourth-order valence-corrected chi connectivity index (χ4v) is 1.80. The average molecular weight is 337 g/mol. The Morgan fingerprint density at radius 3 is 2.65 bits per heavy atom. The zero-order valence-corrected chi connectivity index (χ0v) is 11.6. The highest BCUT2D eigenvalue weighted by Crippen LogP contribution is 2.17. The first-order chi connectivity index (χ1) is 9.54. The predicted molar refractivity (Wildman–Crippen MR) is 77.7 cm³/mol. The number of nitrogens with zero attached hydrogens (tertiary/aromatic N) is 2. The maximum atomic E-state index is 11.7. The van der Waals surface area contributed by atoms with Crippen molar-refractivity contribution in [2.24, 2.45) is 0 Å². The summed E-state index contributed by atoms with van der Waals surface area (Å²) >= 11 is 3.19. The van der Waals surface area contributed by atoms with E-state index in [0.717, 1.165) is 0 Å². The number of carbonyl (C=O) groups is 1. The molecular formula is C12H9BrN4O3. The molecule has 1 aromatic heterocycles. The van der Waals surface area contributed by atoms with Crippen molar-refractivity contribution >= 4 is 39.2 Å². The van der Waals surface area contributed by atoms with E-state index in [1.807, 2.05) is 0 Å². The van der Waals surface area contributed by atoms with Gasteiger partial charge in [-0.15, -0.1) is 0 Å². The molecule has 7 nitrogen and oxygen atoms in total. The molecule has 0 atom stereocenters. The van der Waals surface area contributed by atoms with Crippen LogP contribution in [0.25, 0.3) is 0 Å². The number of pyridine rings is 1. The molecule has 0 saturated carbocycles. The summed E-state index contributed by atoms with van der Waals surface area (Å²) < 4.78 is 0.589. The lowest BCUT2D eigenvalue weighted by Gasteiger charge is -2.07. The second kappa shape index (κ2) is 6.11. The van der Waals surface area contributed by atoms with Crippen molar-refractivity contribution in [3.05, 3.63) is 57.2 Å². The molecule has 102 valence electrons. The lowest BCUT2D eigenvalue weighted by atomic mass is 10.3. The number of carbonyl (C=O) groups excluding carboxylic acids is 1. The summed E-state index contributed by atoms with van der Waals surface area (Å²) in [7, 11) is 0. The number of hydrogen-bond acceptors (Lipinski definition) is 4. The number of aromatic nitrogens is 1. The van der Waals surface area contributed by atoms with Gasteiger partial charge in [-0.3, -0.25) is 15.4 Å². The topological polar surface area (TPSA) is 97.2 Å². The third-order valence-corrected chi connectivity index (χ3v) is 2.71. The Bertz CT molecular complexity index is 663. The molecule has 0 aliphatic heterocycles. The van der Waals surface area contributed by atoms with Crippen LogP contribution < -0.4 is 10.6 Å². The van der Waals surface area contributed by atoms with Gasteiger partial charge < -0.3 is 5.32 Å². The van der Waals surface area contributed by atoms with Gasteiger partial charge in [-0.25, -0.2) is 9.78 Å². The van der Waals surface area contributed by atoms with Gasteiger partial charge in [-0.1, -0.05) is 12.1 Å². The minimum atomic E-state index is -0.531. The molecule has 2 N–H and O–H groups in total. The van der Waals surface area contributed by atoms with Crippen molar-refractivity contribution in [3.8, 4) is 0 Å². The molecule has 1 heterocycles. The Morgan fingerprint density at radius 1 is 1.20 bits per heavy atom. The molecule has 0 aliphatic rings. The number of hydrogen-bond donors (Lipinski definition) is 2. The Labute approximate surface area is 122 Å². The molecule has 20 heavy (non-hydrogen) atoms. The van der Waals surface area contributed by atoms with E-state index in [9.17, 15) is 14.9 Å². The fourth-order valence-electron chi connectivity index (χ4n) is 1.45. The molecule has 0 bridgehead atoms. The standard InChI is InChI=1S/C12H9BrN4O3/c13-10-5-2-6-11(15-10)16-12(18)14-8-3-1-4-9(7-8)17(19)20/h1-7H,(H2,14,15,16,18). The highest BCUT2D eigenvalue weighted by molar-refractivity contribution is 9.10. The SMILES string of the molecule is O=C(Nc1cccc([N+](=O)[O-])c1)Nc1cccc(Br)n1. The number of nitrogens with one attached hydrogen (secondary N) is 2. The van der Waals surface area contributed by atoms with E-state index >= 15 is 0 Å². The van der Waals surface area contributed by atoms with Crippen LogP contribution in [0, 0.1) is 10.1 Å². The number of nitro groups is 1. The molecule has 0 spiro atoms. The van der Waals surface area contributed by atoms with Crippen molar-refractivity contribution < 1.29 is 9.72 Å². The zero-order valence-electron chi connectivity index (χ0n) is 10.0. The Morgan fingerprint density at radius 2 is 1.95 bits per heavy atom. The van der Waals surface area contributed by atoms with Crippen LogP contribution >= 0.6 is 15.9 Å². The molecular weight excluding hydrogens is 328 g/mol. The Hall–Kier alpha value is -2.48. The molecule has 0 aliphatic carbocycles. The number of anilines is 2. The molecule has 2 rings (SSSR count). The third kappa shape index (κ3) is 3.75. The van der Waals surface area contributed by atoms with Crippen LogP contribution in [0.5, 0.6) is 0 Å². The molecule has 0 saturated heterocycles. The van der Waals surface area contributed by atoms with Gasteiger partial charge in [0.1, 0.15) is 10.4 Å². The monoisotopic (exact) mass is 336 g/mol. The highest BCUT2D eigenvalue weighted by Gasteiger charge is 2.08. The molecule has 2 amide bonds. The van der Waals surface area contributed by atoms with Gasteiger partial charge in [0.25, 0.3) is 5.69 Å². The van der Waals surface area contributed by atoms with E-state index in [-0.39, 0.29) is 5.69 Å². The second-order valence-corrected chi connectivity index (χ2v) is 4.54. The first-order valence-corrected chi connectivity index (χ1v) is 6.29. The van der Waals surface area contributed by atoms with Crippen molar-refractivity contribution in [1.29, 1.82) is 0 Å². The lowest BCUT2D eigenvalue weighted by molar-refractivity contribution is -0.384. The highest BCUT2D eigenvalue weighted by atomic mass is 79.9. The fraction of sp³-hybridized carbons (Fsp3) is 0. The predicted octanol–water partition coefficient (Wildman–Crippen LogP) is 3.40. The van der Waals surface area contributed by atoms with E-state index < -0.39 is 11.0 Å². The molecule has 0 radical (unpaired) electrons. The smallest absolute Gasteiger partial charge is 0.307 e. The molecule has 8 heteroatoms. The van der Waals surface area contributed by atoms with Crippen LogP contribution in [0.4, 0.5) is 22.0 Å². The van der Waals surface area contributed by atoms with Crippen LogP contribution in [-0.4, -0.2) is 15.9 Å². The van der Waals surface area contributed by atoms with Crippen molar-refractivity contribution in [3.63, 3.8) is 0 Å². The van der Waals surface area contributed by atoms with Crippen LogP contribution in [0.3, 0.4) is 0 Å². The number of rotatable bonds is 3. The molecule has 1 aromatic carbocycles. The van der Waals surface area contributed by atoms with E-state index in [2.05, 4.69) is 31.5 Å². The van der Waals surface area contributed by atoms with Crippen LogP contribution in [0.1, 0.15) is 0 Å². The first kappa shape index (κ1) is 13.9.